The smallest absolute Gasteiger partial charge is 0.407 e. The van der Waals surface area contributed by atoms with Crippen molar-refractivity contribution in [2.45, 2.75) is 13.0 Å². The number of alkyl carbamates (subject to hydrolysis) is 1. The first-order chi connectivity index (χ1) is 19.0. The average Bonchev–Trinajstić information content (AvgIpc) is 2.92. The number of carbonyl (C=O) groups is 4. The van der Waals surface area contributed by atoms with Crippen LogP contribution in [0.5, 0.6) is 0 Å². The zero-order valence-electron chi connectivity index (χ0n) is 21.0. The van der Waals surface area contributed by atoms with Crippen LogP contribution in [-0.4, -0.2) is 50.8 Å². The van der Waals surface area contributed by atoms with Crippen LogP contribution in [-0.2, 0) is 20.9 Å². The first kappa shape index (κ1) is 32.3. The van der Waals surface area contributed by atoms with Gasteiger partial charge in [0.1, 0.15) is 6.61 Å². The van der Waals surface area contributed by atoms with E-state index >= 15 is 0 Å². The lowest BCUT2D eigenvalue weighted by molar-refractivity contribution is -0.384. The van der Waals surface area contributed by atoms with Crippen molar-refractivity contribution in [3.05, 3.63) is 112 Å². The van der Waals surface area contributed by atoms with Crippen molar-refractivity contribution in [3.8, 4) is 0 Å². The molecule has 0 aromatic heterocycles. The average molecular weight is 554 g/mol. The van der Waals surface area contributed by atoms with E-state index < -0.39 is 28.9 Å². The lowest BCUT2D eigenvalue weighted by Gasteiger charge is -2.05. The molecule has 1 amide bonds. The Hall–Kier alpha value is -5.72. The second-order valence-corrected chi connectivity index (χ2v) is 7.58. The monoisotopic (exact) mass is 553 g/mol. The van der Waals surface area contributed by atoms with Crippen LogP contribution in [0.15, 0.2) is 84.9 Å². The molecular weight excluding hydrogens is 526 g/mol. The number of amides is 1. The van der Waals surface area contributed by atoms with Crippen LogP contribution in [0.4, 0.5) is 16.2 Å². The number of aromatic carboxylic acids is 1. The maximum absolute atomic E-state index is 11.1. The summed E-state index contributed by atoms with van der Waals surface area (Å²) in [5.74, 6) is -2.97. The molecule has 0 spiro atoms. The molecule has 3 aromatic carbocycles. The summed E-state index contributed by atoms with van der Waals surface area (Å²) in [6.07, 6.45) is 1.51. The number of nitro benzene ring substituents is 1. The van der Waals surface area contributed by atoms with Gasteiger partial charge < -0.3 is 31.1 Å². The van der Waals surface area contributed by atoms with Crippen molar-refractivity contribution in [1.29, 1.82) is 0 Å². The summed E-state index contributed by atoms with van der Waals surface area (Å²) in [6, 6.07) is 21.0. The number of rotatable bonds is 9. The quantitative estimate of drug-likeness (QED) is 0.110. The van der Waals surface area contributed by atoms with Crippen LogP contribution in [0.1, 0.15) is 27.9 Å². The molecule has 6 N–H and O–H groups in total. The lowest BCUT2D eigenvalue weighted by atomic mass is 10.2. The molecule has 0 fully saturated rings. The Morgan fingerprint density at radius 1 is 0.925 bits per heavy atom. The second kappa shape index (κ2) is 17.7. The van der Waals surface area contributed by atoms with Crippen LogP contribution >= 0.6 is 0 Å². The number of carbonyl (C=O) groups excluding carboxylic acids is 1. The van der Waals surface area contributed by atoms with Crippen LogP contribution in [0.2, 0.25) is 0 Å². The number of nitrogens with one attached hydrogen (secondary N) is 1. The minimum absolute atomic E-state index is 0.0578. The van der Waals surface area contributed by atoms with Crippen molar-refractivity contribution in [2.75, 3.05) is 12.3 Å². The maximum Gasteiger partial charge on any atom is 0.407 e. The first-order valence-corrected chi connectivity index (χ1v) is 11.4. The third kappa shape index (κ3) is 14.7. The zero-order chi connectivity index (χ0) is 29.9. The number of carboxylic acids is 3. The summed E-state index contributed by atoms with van der Waals surface area (Å²) in [7, 11) is 0. The number of nitrogen functional groups attached to an aromatic ring is 1. The van der Waals surface area contributed by atoms with E-state index in [-0.39, 0.29) is 30.8 Å². The minimum atomic E-state index is -1.09. The first-order valence-electron chi connectivity index (χ1n) is 11.4. The Morgan fingerprint density at radius 3 is 2.12 bits per heavy atom. The number of carboxylic acid groups (broad SMARTS) is 3. The van der Waals surface area contributed by atoms with Crippen molar-refractivity contribution < 1.29 is 44.2 Å². The van der Waals surface area contributed by atoms with E-state index in [0.29, 0.717) is 11.3 Å². The molecule has 13 nitrogen and oxygen atoms in total. The molecule has 0 atom stereocenters. The van der Waals surface area contributed by atoms with E-state index in [1.165, 1.54) is 36.4 Å². The fraction of sp³-hybridized carbons (Fsp3) is 0.111. The summed E-state index contributed by atoms with van der Waals surface area (Å²) in [4.78, 5) is 51.5. The molecule has 0 aliphatic rings. The molecule has 0 aliphatic carbocycles. The van der Waals surface area contributed by atoms with Gasteiger partial charge in [-0.05, 0) is 41.5 Å². The van der Waals surface area contributed by atoms with Gasteiger partial charge in [0.25, 0.3) is 5.69 Å². The van der Waals surface area contributed by atoms with Gasteiger partial charge in [-0.1, -0.05) is 42.5 Å². The summed E-state index contributed by atoms with van der Waals surface area (Å²) < 4.78 is 4.87. The minimum Gasteiger partial charge on any atom is -0.481 e. The van der Waals surface area contributed by atoms with E-state index in [2.05, 4.69) is 5.32 Å². The Labute approximate surface area is 228 Å². The summed E-state index contributed by atoms with van der Waals surface area (Å²) in [5, 5.41) is 37.8. The van der Waals surface area contributed by atoms with Gasteiger partial charge in [0.2, 0.25) is 0 Å². The molecule has 0 aliphatic heterocycles. The zero-order valence-corrected chi connectivity index (χ0v) is 21.0. The fourth-order valence-corrected chi connectivity index (χ4v) is 2.58. The van der Waals surface area contributed by atoms with E-state index in [4.69, 9.17) is 25.8 Å². The number of nitrogens with zero attached hydrogens (tertiary/aromatic N) is 1. The highest BCUT2D eigenvalue weighted by Crippen LogP contribution is 2.14. The van der Waals surface area contributed by atoms with E-state index in [0.717, 1.165) is 11.6 Å². The number of hydrogen-bond acceptors (Lipinski definition) is 8. The van der Waals surface area contributed by atoms with Crippen molar-refractivity contribution >= 4 is 41.5 Å². The molecule has 0 unspecified atom stereocenters. The number of ether oxygens (including phenoxy) is 1. The number of benzene rings is 3. The van der Waals surface area contributed by atoms with Crippen LogP contribution in [0, 0.1) is 10.1 Å². The van der Waals surface area contributed by atoms with E-state index in [9.17, 15) is 29.3 Å². The molecule has 0 heterocycles. The normalized spacial score (nSPS) is 9.70. The van der Waals surface area contributed by atoms with E-state index in [1.54, 1.807) is 18.2 Å². The van der Waals surface area contributed by atoms with Gasteiger partial charge >= 0.3 is 24.0 Å². The van der Waals surface area contributed by atoms with Crippen LogP contribution in [0.3, 0.4) is 0 Å². The topological polar surface area (TPSA) is 219 Å². The van der Waals surface area contributed by atoms with Gasteiger partial charge in [-0.25, -0.2) is 14.4 Å². The summed E-state index contributed by atoms with van der Waals surface area (Å²) >= 11 is 0. The number of nitro groups is 1. The summed E-state index contributed by atoms with van der Waals surface area (Å²) in [6.45, 7) is 0.253. The van der Waals surface area contributed by atoms with Crippen LogP contribution in [0.25, 0.3) is 6.08 Å². The van der Waals surface area contributed by atoms with Crippen molar-refractivity contribution in [3.63, 3.8) is 0 Å². The molecule has 13 heteroatoms. The predicted molar refractivity (Wildman–Crippen MR) is 144 cm³/mol. The van der Waals surface area contributed by atoms with Gasteiger partial charge in [-0.15, -0.1) is 0 Å². The maximum atomic E-state index is 11.1. The molecule has 0 saturated heterocycles. The number of hydrogen-bond donors (Lipinski definition) is 5. The van der Waals surface area contributed by atoms with Gasteiger partial charge in [0, 0.05) is 30.4 Å². The Morgan fingerprint density at radius 2 is 1.57 bits per heavy atom. The van der Waals surface area contributed by atoms with E-state index in [1.807, 2.05) is 30.3 Å². The highest BCUT2D eigenvalue weighted by Gasteiger charge is 2.04. The van der Waals surface area contributed by atoms with Gasteiger partial charge in [-0.2, -0.15) is 0 Å². The second-order valence-electron chi connectivity index (χ2n) is 7.58. The molecule has 0 saturated carbocycles. The highest BCUT2D eigenvalue weighted by atomic mass is 16.6. The molecule has 210 valence electrons. The molecule has 3 aromatic rings. The molecule has 0 radical (unpaired) electrons. The van der Waals surface area contributed by atoms with Crippen molar-refractivity contribution in [2.24, 2.45) is 0 Å². The van der Waals surface area contributed by atoms with Gasteiger partial charge in [-0.3, -0.25) is 14.9 Å². The number of anilines is 1. The number of aliphatic carboxylic acids is 2. The van der Waals surface area contributed by atoms with Crippen LogP contribution < -0.4 is 11.1 Å². The third-order valence-corrected chi connectivity index (χ3v) is 4.48. The molecule has 40 heavy (non-hydrogen) atoms. The Bertz CT molecular complexity index is 1310. The Balaban J connectivity index is 0.000000308. The number of nitrogens with two attached hydrogens (primary N) is 1. The van der Waals surface area contributed by atoms with Gasteiger partial charge in [0.05, 0.1) is 16.9 Å². The highest BCUT2D eigenvalue weighted by molar-refractivity contribution is 5.88. The third-order valence-electron chi connectivity index (χ3n) is 4.48. The lowest BCUT2D eigenvalue weighted by Crippen LogP contribution is -2.26. The largest absolute Gasteiger partial charge is 0.481 e. The van der Waals surface area contributed by atoms with Gasteiger partial charge in [0.15, 0.2) is 0 Å². The standard InChI is InChI=1S/C11H13NO4.C9H7NO4.C7H7NO2/c13-10(14)6-7-12-11(15)16-8-9-4-2-1-3-5-9;11-9(12)5-4-7-2-1-3-8(6-7)10(13)14;8-6-3-1-5(2-4-6)7(9)10/h1-5H,6-8H2,(H,12,15)(H,13,14);1-6H,(H,11,12);1-4H,8H2,(H,9,10). The molecule has 3 rings (SSSR count). The SMILES string of the molecule is Nc1ccc(C(=O)O)cc1.O=C(O)C=Cc1cccc([N+](=O)[O-])c1.O=C(O)CCNC(=O)OCc1ccccc1. The van der Waals surface area contributed by atoms with Crippen molar-refractivity contribution in [1.82, 2.24) is 5.32 Å². The Kier molecular flexibility index (Phi) is 14.3. The summed E-state index contributed by atoms with van der Waals surface area (Å²) in [5.41, 5.74) is 7.48. The number of non-ortho nitro benzene ring substituents is 1. The fourth-order valence-electron chi connectivity index (χ4n) is 2.58. The predicted octanol–water partition coefficient (Wildman–Crippen LogP) is 4.05. The molecule has 0 bridgehead atoms. The molecular formula is C27H27N3O10.